The topological polar surface area (TPSA) is 82.6 Å². The molecule has 2 aliphatic heterocycles. The molecule has 0 unspecified atom stereocenters. The molecule has 0 saturated carbocycles. The number of nitrogens with zero attached hydrogens (tertiary/aromatic N) is 3. The molecule has 0 spiro atoms. The zero-order chi connectivity index (χ0) is 27.7. The average molecular weight is 553 g/mol. The lowest BCUT2D eigenvalue weighted by molar-refractivity contribution is -0.137. The van der Waals surface area contributed by atoms with Crippen LogP contribution in [0.1, 0.15) is 72.4 Å². The molecular formula is C27H35F3N4O3S. The van der Waals surface area contributed by atoms with Gasteiger partial charge >= 0.3 is 6.18 Å². The first-order valence-electron chi connectivity index (χ1n) is 13.0. The molecule has 2 aromatic rings. The van der Waals surface area contributed by atoms with Gasteiger partial charge in [-0.2, -0.15) is 13.2 Å². The van der Waals surface area contributed by atoms with E-state index in [-0.39, 0.29) is 29.5 Å². The summed E-state index contributed by atoms with van der Waals surface area (Å²) < 4.78 is 64.4. The Morgan fingerprint density at radius 1 is 1.16 bits per heavy atom. The molecule has 0 aliphatic carbocycles. The fourth-order valence-electron chi connectivity index (χ4n) is 5.37. The van der Waals surface area contributed by atoms with E-state index in [2.05, 4.69) is 29.0 Å². The van der Waals surface area contributed by atoms with Gasteiger partial charge in [-0.25, -0.2) is 12.7 Å². The highest BCUT2D eigenvalue weighted by Crippen LogP contribution is 2.39. The fourth-order valence-corrected chi connectivity index (χ4v) is 6.50. The second kappa shape index (κ2) is 11.3. The molecule has 7 nitrogen and oxygen atoms in total. The van der Waals surface area contributed by atoms with Crippen LogP contribution in [0.4, 0.5) is 13.2 Å². The van der Waals surface area contributed by atoms with Gasteiger partial charge in [-0.05, 0) is 60.9 Å². The third-order valence-corrected chi connectivity index (χ3v) is 9.37. The van der Waals surface area contributed by atoms with Crippen LogP contribution in [0.5, 0.6) is 0 Å². The van der Waals surface area contributed by atoms with E-state index in [1.54, 1.807) is 13.1 Å². The number of piperidine rings is 1. The third-order valence-electron chi connectivity index (χ3n) is 7.49. The van der Waals surface area contributed by atoms with Gasteiger partial charge in [0.1, 0.15) is 0 Å². The van der Waals surface area contributed by atoms with Gasteiger partial charge in [-0.1, -0.05) is 26.0 Å². The quantitative estimate of drug-likeness (QED) is 0.518. The number of carbonyl (C=O) groups excluding carboxylic acids is 1. The zero-order valence-electron chi connectivity index (χ0n) is 22.0. The number of pyridine rings is 1. The van der Waals surface area contributed by atoms with Gasteiger partial charge in [0.2, 0.25) is 10.0 Å². The van der Waals surface area contributed by atoms with Gasteiger partial charge < -0.3 is 5.32 Å². The van der Waals surface area contributed by atoms with E-state index >= 15 is 0 Å². The number of hydrogen-bond acceptors (Lipinski definition) is 5. The molecule has 2 aliphatic rings. The normalized spacial score (nSPS) is 19.6. The maximum Gasteiger partial charge on any atom is 0.416 e. The number of fused-ring (bicyclic) bond motifs is 1. The largest absolute Gasteiger partial charge is 0.416 e. The van der Waals surface area contributed by atoms with E-state index in [1.165, 1.54) is 16.4 Å². The van der Waals surface area contributed by atoms with Crippen molar-refractivity contribution in [3.8, 4) is 0 Å². The summed E-state index contributed by atoms with van der Waals surface area (Å²) in [6.45, 7) is 8.26. The maximum atomic E-state index is 12.9. The van der Waals surface area contributed by atoms with Gasteiger partial charge in [0.15, 0.2) is 0 Å². The first-order valence-corrected chi connectivity index (χ1v) is 14.6. The molecular weight excluding hydrogens is 517 g/mol. The predicted molar refractivity (Wildman–Crippen MR) is 139 cm³/mol. The minimum absolute atomic E-state index is 0.00557. The Morgan fingerprint density at radius 3 is 2.39 bits per heavy atom. The van der Waals surface area contributed by atoms with Crippen LogP contribution in [0.25, 0.3) is 0 Å². The number of rotatable bonds is 8. The van der Waals surface area contributed by atoms with Gasteiger partial charge in [-0.3, -0.25) is 14.7 Å². The van der Waals surface area contributed by atoms with Crippen molar-refractivity contribution in [2.45, 2.75) is 58.9 Å². The van der Waals surface area contributed by atoms with Gasteiger partial charge in [0.25, 0.3) is 5.91 Å². The van der Waals surface area contributed by atoms with Crippen LogP contribution in [-0.2, 0) is 29.3 Å². The molecule has 1 aromatic carbocycles. The first kappa shape index (κ1) is 28.5. The van der Waals surface area contributed by atoms with Crippen molar-refractivity contribution in [1.29, 1.82) is 0 Å². The number of halogens is 3. The van der Waals surface area contributed by atoms with E-state index in [9.17, 15) is 26.4 Å². The van der Waals surface area contributed by atoms with Crippen LogP contribution in [0.15, 0.2) is 36.5 Å². The molecule has 1 aromatic heterocycles. The fraction of sp³-hybridized carbons (Fsp3) is 0.556. The standard InChI is InChI=1S/C27H35F3N4O3S/c1-4-38(36,37)34-11-9-19(10-12-34)14-32-26(35)21-13-22-17-33(25(18(2)3)24(22)31-15-21)16-20-5-7-23(8-6-20)27(28,29)30/h5-8,13,15,18-19,25H,4,9-12,14,16-17H2,1-3H3,(H,32,35)/t25-/m0/s1. The van der Waals surface area contributed by atoms with Crippen molar-refractivity contribution in [3.63, 3.8) is 0 Å². The molecule has 1 saturated heterocycles. The molecule has 0 bridgehead atoms. The molecule has 11 heteroatoms. The maximum absolute atomic E-state index is 12.9. The molecule has 1 atom stereocenters. The summed E-state index contributed by atoms with van der Waals surface area (Å²) in [7, 11) is -3.18. The highest BCUT2D eigenvalue weighted by atomic mass is 32.2. The van der Waals surface area contributed by atoms with E-state index in [4.69, 9.17) is 0 Å². The van der Waals surface area contributed by atoms with Gasteiger partial charge in [-0.15, -0.1) is 0 Å². The van der Waals surface area contributed by atoms with Crippen LogP contribution < -0.4 is 5.32 Å². The van der Waals surface area contributed by atoms with Crippen molar-refractivity contribution in [2.24, 2.45) is 11.8 Å². The molecule has 38 heavy (non-hydrogen) atoms. The Balaban J connectivity index is 1.38. The molecule has 1 fully saturated rings. The average Bonchev–Trinajstić information content (AvgIpc) is 3.24. The number of aromatic nitrogens is 1. The molecule has 3 heterocycles. The molecule has 0 radical (unpaired) electrons. The Kier molecular flexibility index (Phi) is 8.49. The van der Waals surface area contributed by atoms with Crippen LogP contribution >= 0.6 is 0 Å². The lowest BCUT2D eigenvalue weighted by atomic mass is 9.98. The lowest BCUT2D eigenvalue weighted by Crippen LogP contribution is -2.42. The van der Waals surface area contributed by atoms with Gasteiger partial charge in [0, 0.05) is 38.9 Å². The minimum atomic E-state index is -4.36. The number of sulfonamides is 1. The summed E-state index contributed by atoms with van der Waals surface area (Å²) in [6, 6.07) is 7.09. The Hall–Kier alpha value is -2.50. The predicted octanol–water partition coefficient (Wildman–Crippen LogP) is 4.60. The third kappa shape index (κ3) is 6.38. The SMILES string of the molecule is CCS(=O)(=O)N1CCC(CNC(=O)c2cnc3c(c2)CN(Cc2ccc(C(F)(F)F)cc2)[C@H]3C(C)C)CC1. The zero-order valence-corrected chi connectivity index (χ0v) is 22.8. The number of alkyl halides is 3. The number of carbonyl (C=O) groups is 1. The second-order valence-electron chi connectivity index (χ2n) is 10.5. The highest BCUT2D eigenvalue weighted by molar-refractivity contribution is 7.89. The van der Waals surface area contributed by atoms with Gasteiger partial charge in [0.05, 0.1) is 28.6 Å². The van der Waals surface area contributed by atoms with Crippen LogP contribution in [0.3, 0.4) is 0 Å². The molecule has 1 N–H and O–H groups in total. The molecule has 4 rings (SSSR count). The molecule has 1 amide bonds. The smallest absolute Gasteiger partial charge is 0.352 e. The lowest BCUT2D eigenvalue weighted by Gasteiger charge is -2.31. The summed E-state index contributed by atoms with van der Waals surface area (Å²) >= 11 is 0. The first-order chi connectivity index (χ1) is 17.9. The van der Waals surface area contributed by atoms with E-state index in [0.29, 0.717) is 51.1 Å². The number of amides is 1. The van der Waals surface area contributed by atoms with Crippen LogP contribution in [0, 0.1) is 11.8 Å². The minimum Gasteiger partial charge on any atom is -0.352 e. The van der Waals surface area contributed by atoms with E-state index in [0.717, 1.165) is 29.0 Å². The van der Waals surface area contributed by atoms with Crippen molar-refractivity contribution in [2.75, 3.05) is 25.4 Å². The highest BCUT2D eigenvalue weighted by Gasteiger charge is 2.35. The second-order valence-corrected chi connectivity index (χ2v) is 12.8. The summed E-state index contributed by atoms with van der Waals surface area (Å²) in [5.74, 6) is 0.319. The van der Waals surface area contributed by atoms with Crippen molar-refractivity contribution in [1.82, 2.24) is 19.5 Å². The summed E-state index contributed by atoms with van der Waals surface area (Å²) in [5, 5.41) is 2.98. The van der Waals surface area contributed by atoms with Crippen molar-refractivity contribution >= 4 is 15.9 Å². The molecule has 208 valence electrons. The summed E-state index contributed by atoms with van der Waals surface area (Å²) in [5.41, 5.74) is 2.43. The number of hydrogen-bond donors (Lipinski definition) is 1. The Morgan fingerprint density at radius 2 is 1.82 bits per heavy atom. The summed E-state index contributed by atoms with van der Waals surface area (Å²) in [6.07, 6.45) is -1.37. The Bertz CT molecular complexity index is 1240. The number of nitrogens with one attached hydrogen (secondary N) is 1. The van der Waals surface area contributed by atoms with Crippen molar-refractivity contribution < 1.29 is 26.4 Å². The summed E-state index contributed by atoms with van der Waals surface area (Å²) in [4.78, 5) is 19.7. The van der Waals surface area contributed by atoms with Crippen LogP contribution in [-0.4, -0.2) is 53.9 Å². The number of benzene rings is 1. The van der Waals surface area contributed by atoms with Crippen molar-refractivity contribution in [3.05, 3.63) is 64.5 Å². The Labute approximate surface area is 222 Å². The monoisotopic (exact) mass is 552 g/mol. The van der Waals surface area contributed by atoms with Crippen LogP contribution in [0.2, 0.25) is 0 Å². The van der Waals surface area contributed by atoms with E-state index in [1.807, 2.05) is 6.07 Å². The van der Waals surface area contributed by atoms with E-state index < -0.39 is 21.8 Å².